The average molecular weight is 303 g/mol. The van der Waals surface area contributed by atoms with E-state index in [1.807, 2.05) is 30.3 Å². The molecule has 6 nitrogen and oxygen atoms in total. The van der Waals surface area contributed by atoms with Crippen LogP contribution in [0, 0.1) is 13.8 Å². The van der Waals surface area contributed by atoms with Gasteiger partial charge in [-0.15, -0.1) is 0 Å². The predicted octanol–water partition coefficient (Wildman–Crippen LogP) is 1.71. The zero-order chi connectivity index (χ0) is 15.0. The van der Waals surface area contributed by atoms with Gasteiger partial charge >= 0.3 is 10.6 Å². The lowest BCUT2D eigenvalue weighted by Gasteiger charge is -2.00. The van der Waals surface area contributed by atoms with E-state index in [1.165, 1.54) is 8.52 Å². The van der Waals surface area contributed by atoms with Crippen LogP contribution >= 0.6 is 11.5 Å². The molecule has 1 aromatic carbocycles. The van der Waals surface area contributed by atoms with E-state index in [0.29, 0.717) is 17.1 Å². The van der Waals surface area contributed by atoms with Crippen molar-refractivity contribution in [3.63, 3.8) is 0 Å². The molecule has 0 radical (unpaired) electrons. The fourth-order valence-corrected chi connectivity index (χ4v) is 3.09. The first-order chi connectivity index (χ1) is 10.1. The van der Waals surface area contributed by atoms with Gasteiger partial charge in [0.15, 0.2) is 5.76 Å². The molecule has 2 aromatic heterocycles. The van der Waals surface area contributed by atoms with Gasteiger partial charge in [-0.25, -0.2) is 13.3 Å². The minimum Gasteiger partial charge on any atom is -0.359 e. The Morgan fingerprint density at radius 3 is 2.52 bits per heavy atom. The molecule has 0 saturated carbocycles. The van der Waals surface area contributed by atoms with Crippen LogP contribution < -0.4 is 10.6 Å². The Balaban J connectivity index is 2.10. The Morgan fingerprint density at radius 1 is 1.19 bits per heavy atom. The summed E-state index contributed by atoms with van der Waals surface area (Å²) in [4.78, 5) is 24.3. The molecule has 0 aliphatic carbocycles. The third-order valence-corrected chi connectivity index (χ3v) is 4.07. The molecule has 0 amide bonds. The van der Waals surface area contributed by atoms with Gasteiger partial charge in [0, 0.05) is 11.5 Å². The summed E-state index contributed by atoms with van der Waals surface area (Å²) in [5, 5.41) is 3.82. The van der Waals surface area contributed by atoms with Gasteiger partial charge in [-0.05, 0) is 19.4 Å². The van der Waals surface area contributed by atoms with E-state index in [2.05, 4.69) is 5.16 Å². The Morgan fingerprint density at radius 2 is 1.90 bits per heavy atom. The van der Waals surface area contributed by atoms with Gasteiger partial charge in [-0.3, -0.25) is 4.79 Å². The van der Waals surface area contributed by atoms with E-state index in [9.17, 15) is 9.59 Å². The summed E-state index contributed by atoms with van der Waals surface area (Å²) >= 11 is 0.858. The van der Waals surface area contributed by atoms with Crippen molar-refractivity contribution < 1.29 is 4.52 Å². The first kappa shape index (κ1) is 13.6. The first-order valence-electron chi connectivity index (χ1n) is 6.38. The molecule has 7 heteroatoms. The summed E-state index contributed by atoms with van der Waals surface area (Å²) in [6, 6.07) is 9.40. The van der Waals surface area contributed by atoms with Crippen molar-refractivity contribution >= 4 is 11.5 Å². The van der Waals surface area contributed by atoms with Crippen LogP contribution in [0.2, 0.25) is 0 Å². The molecule has 2 heterocycles. The molecule has 0 atom stereocenters. The molecule has 0 fully saturated rings. The second-order valence-corrected chi connectivity index (χ2v) is 5.58. The Bertz CT molecular complexity index is 867. The van der Waals surface area contributed by atoms with Crippen LogP contribution in [0.3, 0.4) is 0 Å². The van der Waals surface area contributed by atoms with Gasteiger partial charge in [0.2, 0.25) is 0 Å². The zero-order valence-electron chi connectivity index (χ0n) is 11.6. The van der Waals surface area contributed by atoms with Gasteiger partial charge in [0.25, 0.3) is 0 Å². The fraction of sp³-hybridized carbons (Fsp3) is 0.214. The lowest BCUT2D eigenvalue weighted by Crippen LogP contribution is -2.29. The minimum atomic E-state index is -0.372. The number of aromatic nitrogens is 3. The van der Waals surface area contributed by atoms with Crippen molar-refractivity contribution in [3.8, 4) is 5.69 Å². The van der Waals surface area contributed by atoms with Crippen molar-refractivity contribution in [2.24, 2.45) is 0 Å². The highest BCUT2D eigenvalue weighted by molar-refractivity contribution is 7.03. The standard InChI is InChI=1S/C14H13N3O3S/c1-9-12(10(2)20-15-9)17-13(18)16(14(19)21-17)8-11-6-4-3-5-7-11/h3-7H,8H2,1-2H3. The predicted molar refractivity (Wildman–Crippen MR) is 79.3 cm³/mol. The number of hydrogen-bond acceptors (Lipinski definition) is 5. The molecule has 0 spiro atoms. The topological polar surface area (TPSA) is 70.0 Å². The normalized spacial score (nSPS) is 11.0. The van der Waals surface area contributed by atoms with Crippen molar-refractivity contribution in [2.45, 2.75) is 20.4 Å². The van der Waals surface area contributed by atoms with Crippen molar-refractivity contribution in [2.75, 3.05) is 0 Å². The summed E-state index contributed by atoms with van der Waals surface area (Å²) in [6.45, 7) is 3.71. The van der Waals surface area contributed by atoms with Crippen molar-refractivity contribution in [1.29, 1.82) is 0 Å². The number of rotatable bonds is 3. The summed E-state index contributed by atoms with van der Waals surface area (Å²) in [6.07, 6.45) is 0. The van der Waals surface area contributed by atoms with Crippen LogP contribution in [-0.4, -0.2) is 13.7 Å². The lowest BCUT2D eigenvalue weighted by atomic mass is 10.2. The lowest BCUT2D eigenvalue weighted by molar-refractivity contribution is 0.393. The summed E-state index contributed by atoms with van der Waals surface area (Å²) < 4.78 is 7.61. The van der Waals surface area contributed by atoms with Crippen LogP contribution in [0.1, 0.15) is 17.0 Å². The highest BCUT2D eigenvalue weighted by Gasteiger charge is 2.18. The average Bonchev–Trinajstić information content (AvgIpc) is 2.94. The van der Waals surface area contributed by atoms with Crippen LogP contribution in [0.4, 0.5) is 0 Å². The van der Waals surface area contributed by atoms with Crippen LogP contribution in [0.25, 0.3) is 5.69 Å². The summed E-state index contributed by atoms with van der Waals surface area (Å²) in [7, 11) is 0. The second kappa shape index (κ2) is 5.17. The maximum absolute atomic E-state index is 12.5. The summed E-state index contributed by atoms with van der Waals surface area (Å²) in [5.41, 5.74) is 1.67. The molecular formula is C14H13N3O3S. The Kier molecular flexibility index (Phi) is 3.34. The SMILES string of the molecule is Cc1noc(C)c1-n1sc(=O)n(Cc2ccccc2)c1=O. The van der Waals surface area contributed by atoms with E-state index < -0.39 is 0 Å². The first-order valence-corrected chi connectivity index (χ1v) is 7.15. The monoisotopic (exact) mass is 303 g/mol. The van der Waals surface area contributed by atoms with Crippen LogP contribution in [-0.2, 0) is 6.54 Å². The molecule has 3 rings (SSSR count). The third kappa shape index (κ3) is 2.36. The molecule has 0 unspecified atom stereocenters. The maximum Gasteiger partial charge on any atom is 0.346 e. The number of benzene rings is 1. The van der Waals surface area contributed by atoms with Gasteiger partial charge < -0.3 is 4.52 Å². The smallest absolute Gasteiger partial charge is 0.346 e. The van der Waals surface area contributed by atoms with E-state index in [0.717, 1.165) is 17.1 Å². The highest BCUT2D eigenvalue weighted by atomic mass is 32.1. The van der Waals surface area contributed by atoms with Crippen molar-refractivity contribution in [1.82, 2.24) is 13.7 Å². The Labute approximate surface area is 124 Å². The van der Waals surface area contributed by atoms with Gasteiger partial charge in [0.1, 0.15) is 11.4 Å². The molecule has 0 aliphatic rings. The quantitative estimate of drug-likeness (QED) is 0.738. The van der Waals surface area contributed by atoms with E-state index in [1.54, 1.807) is 13.8 Å². The highest BCUT2D eigenvalue weighted by Crippen LogP contribution is 2.17. The van der Waals surface area contributed by atoms with Gasteiger partial charge in [0.05, 0.1) is 6.54 Å². The molecule has 108 valence electrons. The van der Waals surface area contributed by atoms with Crippen LogP contribution in [0.15, 0.2) is 44.4 Å². The number of hydrogen-bond donors (Lipinski definition) is 0. The number of aryl methyl sites for hydroxylation is 2. The van der Waals surface area contributed by atoms with E-state index in [-0.39, 0.29) is 17.1 Å². The molecule has 0 aliphatic heterocycles. The van der Waals surface area contributed by atoms with Crippen LogP contribution in [0.5, 0.6) is 0 Å². The van der Waals surface area contributed by atoms with E-state index >= 15 is 0 Å². The summed E-state index contributed by atoms with van der Waals surface area (Å²) in [5.74, 6) is 0.516. The largest absolute Gasteiger partial charge is 0.359 e. The fourth-order valence-electron chi connectivity index (χ4n) is 2.16. The molecule has 0 bridgehead atoms. The minimum absolute atomic E-state index is 0.255. The zero-order valence-corrected chi connectivity index (χ0v) is 12.4. The molecule has 0 N–H and O–H groups in total. The second-order valence-electron chi connectivity index (χ2n) is 4.68. The van der Waals surface area contributed by atoms with Gasteiger partial charge in [-0.1, -0.05) is 35.5 Å². The maximum atomic E-state index is 12.5. The van der Waals surface area contributed by atoms with Crippen molar-refractivity contribution in [3.05, 3.63) is 67.5 Å². The molecule has 21 heavy (non-hydrogen) atoms. The Hall–Kier alpha value is -2.41. The number of nitrogens with zero attached hydrogens (tertiary/aromatic N) is 3. The third-order valence-electron chi connectivity index (χ3n) is 3.18. The molecular weight excluding hydrogens is 290 g/mol. The van der Waals surface area contributed by atoms with Gasteiger partial charge in [-0.2, -0.15) is 0 Å². The van der Waals surface area contributed by atoms with E-state index in [4.69, 9.17) is 4.52 Å². The molecule has 3 aromatic rings. The molecule has 0 saturated heterocycles.